The second kappa shape index (κ2) is 6.89. The molecule has 0 aliphatic carbocycles. The number of hydrogen-bond acceptors (Lipinski definition) is 3. The van der Waals surface area contributed by atoms with Gasteiger partial charge in [0.2, 0.25) is 0 Å². The maximum absolute atomic E-state index is 13.2. The zero-order chi connectivity index (χ0) is 17.1. The van der Waals surface area contributed by atoms with Crippen molar-refractivity contribution >= 4 is 22.6 Å². The summed E-state index contributed by atoms with van der Waals surface area (Å²) < 4.78 is 5.53. The number of hydrogen-bond donors (Lipinski definition) is 1. The Bertz CT molecular complexity index is 834. The molecule has 4 heteroatoms. The first kappa shape index (κ1) is 16.3. The molecule has 3 rings (SSSR count). The Morgan fingerprint density at radius 2 is 1.83 bits per heavy atom. The van der Waals surface area contributed by atoms with Gasteiger partial charge in [-0.3, -0.25) is 4.79 Å². The summed E-state index contributed by atoms with van der Waals surface area (Å²) in [6.45, 7) is 5.33. The van der Waals surface area contributed by atoms with Crippen molar-refractivity contribution in [3.63, 3.8) is 0 Å². The van der Waals surface area contributed by atoms with Gasteiger partial charge in [-0.05, 0) is 29.7 Å². The van der Waals surface area contributed by atoms with Gasteiger partial charge in [-0.1, -0.05) is 44.2 Å². The predicted octanol–water partition coefficient (Wildman–Crippen LogP) is 4.19. The van der Waals surface area contributed by atoms with Crippen molar-refractivity contribution in [1.29, 1.82) is 0 Å². The molecule has 0 atom stereocenters. The first-order chi connectivity index (χ1) is 11.6. The molecule has 0 spiro atoms. The van der Waals surface area contributed by atoms with Gasteiger partial charge in [0.1, 0.15) is 11.8 Å². The van der Waals surface area contributed by atoms with Crippen LogP contribution in [0.15, 0.2) is 59.2 Å². The number of carbonyl (C=O) groups excluding carboxylic acids is 1. The lowest BCUT2D eigenvalue weighted by molar-refractivity contribution is 0.0984. The van der Waals surface area contributed by atoms with Gasteiger partial charge in [0.25, 0.3) is 5.91 Å². The molecule has 124 valence electrons. The van der Waals surface area contributed by atoms with E-state index in [0.29, 0.717) is 24.6 Å². The highest BCUT2D eigenvalue weighted by atomic mass is 16.3. The van der Waals surface area contributed by atoms with E-state index in [1.807, 2.05) is 53.4 Å². The molecule has 3 aromatic rings. The average molecular weight is 322 g/mol. The van der Waals surface area contributed by atoms with Crippen LogP contribution in [-0.2, 0) is 6.54 Å². The van der Waals surface area contributed by atoms with Crippen LogP contribution in [0.4, 0.5) is 5.69 Å². The minimum atomic E-state index is -0.0471. The van der Waals surface area contributed by atoms with Crippen LogP contribution < -0.4 is 10.6 Å². The Hall–Kier alpha value is -2.59. The van der Waals surface area contributed by atoms with Gasteiger partial charge in [-0.15, -0.1) is 0 Å². The highest BCUT2D eigenvalue weighted by Crippen LogP contribution is 2.25. The molecule has 0 radical (unpaired) electrons. The maximum Gasteiger partial charge on any atom is 0.262 e. The monoisotopic (exact) mass is 322 g/mol. The van der Waals surface area contributed by atoms with Crippen molar-refractivity contribution < 1.29 is 9.21 Å². The molecule has 2 N–H and O–H groups in total. The molecule has 1 aromatic heterocycles. The van der Waals surface area contributed by atoms with Crippen LogP contribution in [-0.4, -0.2) is 12.5 Å². The largest absolute Gasteiger partial charge is 0.463 e. The van der Waals surface area contributed by atoms with Crippen LogP contribution in [0, 0.1) is 5.92 Å². The summed E-state index contributed by atoms with van der Waals surface area (Å²) in [6.07, 6.45) is 1.55. The number of furan rings is 1. The quantitative estimate of drug-likeness (QED) is 0.766. The predicted molar refractivity (Wildman–Crippen MR) is 97.1 cm³/mol. The van der Waals surface area contributed by atoms with Crippen molar-refractivity contribution in [2.45, 2.75) is 20.4 Å². The fourth-order valence-electron chi connectivity index (χ4n) is 2.77. The van der Waals surface area contributed by atoms with E-state index >= 15 is 0 Å². The highest BCUT2D eigenvalue weighted by Gasteiger charge is 2.22. The van der Waals surface area contributed by atoms with Crippen LogP contribution in [0.25, 0.3) is 11.0 Å². The lowest BCUT2D eigenvalue weighted by atomic mass is 10.1. The number of nitrogens with two attached hydrogens (primary N) is 1. The first-order valence-corrected chi connectivity index (χ1v) is 8.17. The zero-order valence-corrected chi connectivity index (χ0v) is 14.0. The van der Waals surface area contributed by atoms with E-state index in [0.717, 1.165) is 22.2 Å². The molecule has 1 heterocycles. The summed E-state index contributed by atoms with van der Waals surface area (Å²) in [6, 6.07) is 15.4. The average Bonchev–Trinajstić information content (AvgIpc) is 3.03. The first-order valence-electron chi connectivity index (χ1n) is 8.17. The van der Waals surface area contributed by atoms with Gasteiger partial charge < -0.3 is 15.1 Å². The van der Waals surface area contributed by atoms with E-state index in [4.69, 9.17) is 10.2 Å². The summed E-state index contributed by atoms with van der Waals surface area (Å²) in [5.41, 5.74) is 8.90. The standard InChI is InChI=1S/C20H22N2O2/c1-14(2)12-22(16-9-7-15(11-21)8-10-16)20(23)18-13-24-19-6-4-3-5-17(18)19/h3-10,13-14H,11-12,21H2,1-2H3. The highest BCUT2D eigenvalue weighted by molar-refractivity contribution is 6.13. The van der Waals surface area contributed by atoms with E-state index in [1.54, 1.807) is 6.26 Å². The molecule has 24 heavy (non-hydrogen) atoms. The lowest BCUT2D eigenvalue weighted by Gasteiger charge is -2.24. The van der Waals surface area contributed by atoms with E-state index in [-0.39, 0.29) is 5.91 Å². The normalized spacial score (nSPS) is 11.2. The van der Waals surface area contributed by atoms with Gasteiger partial charge in [-0.2, -0.15) is 0 Å². The third-order valence-electron chi connectivity index (χ3n) is 3.99. The molecule has 0 bridgehead atoms. The molecule has 0 unspecified atom stereocenters. The van der Waals surface area contributed by atoms with Gasteiger partial charge >= 0.3 is 0 Å². The van der Waals surface area contributed by atoms with Crippen molar-refractivity contribution in [2.24, 2.45) is 11.7 Å². The summed E-state index contributed by atoms with van der Waals surface area (Å²) in [5, 5.41) is 0.842. The third kappa shape index (κ3) is 3.19. The molecule has 0 fully saturated rings. The van der Waals surface area contributed by atoms with E-state index < -0.39 is 0 Å². The van der Waals surface area contributed by atoms with Crippen LogP contribution in [0.5, 0.6) is 0 Å². The molecule has 0 aliphatic rings. The second-order valence-corrected chi connectivity index (χ2v) is 6.33. The van der Waals surface area contributed by atoms with E-state index in [2.05, 4.69) is 13.8 Å². The Morgan fingerprint density at radius 1 is 1.12 bits per heavy atom. The topological polar surface area (TPSA) is 59.5 Å². The van der Waals surface area contributed by atoms with Gasteiger partial charge in [0, 0.05) is 24.2 Å². The molecule has 1 amide bonds. The van der Waals surface area contributed by atoms with Crippen molar-refractivity contribution in [2.75, 3.05) is 11.4 Å². The third-order valence-corrected chi connectivity index (χ3v) is 3.99. The molecule has 0 saturated carbocycles. The molecule has 0 saturated heterocycles. The van der Waals surface area contributed by atoms with E-state index in [9.17, 15) is 4.79 Å². The van der Waals surface area contributed by atoms with Crippen LogP contribution in [0.3, 0.4) is 0 Å². The number of para-hydroxylation sites is 1. The van der Waals surface area contributed by atoms with Gasteiger partial charge in [0.15, 0.2) is 0 Å². The van der Waals surface area contributed by atoms with Crippen molar-refractivity contribution in [3.8, 4) is 0 Å². The fraction of sp³-hybridized carbons (Fsp3) is 0.250. The smallest absolute Gasteiger partial charge is 0.262 e. The molecular formula is C20H22N2O2. The van der Waals surface area contributed by atoms with E-state index in [1.165, 1.54) is 0 Å². The fourth-order valence-corrected chi connectivity index (χ4v) is 2.77. The zero-order valence-electron chi connectivity index (χ0n) is 14.0. The van der Waals surface area contributed by atoms with Crippen LogP contribution in [0.2, 0.25) is 0 Å². The molecular weight excluding hydrogens is 300 g/mol. The SMILES string of the molecule is CC(C)CN(C(=O)c1coc2ccccc12)c1ccc(CN)cc1. The Morgan fingerprint density at radius 3 is 2.50 bits per heavy atom. The Balaban J connectivity index is 1.99. The number of nitrogens with zero attached hydrogens (tertiary/aromatic N) is 1. The number of anilines is 1. The summed E-state index contributed by atoms with van der Waals surface area (Å²) in [7, 11) is 0. The summed E-state index contributed by atoms with van der Waals surface area (Å²) in [5.74, 6) is 0.301. The maximum atomic E-state index is 13.2. The second-order valence-electron chi connectivity index (χ2n) is 6.33. The molecule has 4 nitrogen and oxygen atoms in total. The number of benzene rings is 2. The minimum Gasteiger partial charge on any atom is -0.463 e. The Labute approximate surface area is 141 Å². The summed E-state index contributed by atoms with van der Waals surface area (Å²) in [4.78, 5) is 15.0. The molecule has 2 aromatic carbocycles. The van der Waals surface area contributed by atoms with Gasteiger partial charge in [-0.25, -0.2) is 0 Å². The summed E-state index contributed by atoms with van der Waals surface area (Å²) >= 11 is 0. The number of rotatable bonds is 5. The van der Waals surface area contributed by atoms with Crippen molar-refractivity contribution in [1.82, 2.24) is 0 Å². The number of carbonyl (C=O) groups is 1. The van der Waals surface area contributed by atoms with Gasteiger partial charge in [0.05, 0.1) is 5.56 Å². The number of amides is 1. The van der Waals surface area contributed by atoms with Crippen molar-refractivity contribution in [3.05, 3.63) is 65.9 Å². The minimum absolute atomic E-state index is 0.0471. The molecule has 0 aliphatic heterocycles. The van der Waals surface area contributed by atoms with Crippen LogP contribution in [0.1, 0.15) is 29.8 Å². The van der Waals surface area contributed by atoms with Crippen LogP contribution >= 0.6 is 0 Å². The Kier molecular flexibility index (Phi) is 4.67. The lowest BCUT2D eigenvalue weighted by Crippen LogP contribution is -2.34. The number of fused-ring (bicyclic) bond motifs is 1.